The molecule has 5 nitrogen and oxygen atoms in total. The van der Waals surface area contributed by atoms with Gasteiger partial charge in [-0.25, -0.2) is 0 Å². The van der Waals surface area contributed by atoms with Crippen LogP contribution in [0.25, 0.3) is 0 Å². The SMILES string of the molecule is C=CCC(N)c1nc(C(CCC)OCC)no1. The van der Waals surface area contributed by atoms with Crippen LogP contribution in [0.15, 0.2) is 17.2 Å². The normalized spacial score (nSPS) is 14.5. The highest BCUT2D eigenvalue weighted by Gasteiger charge is 2.20. The molecule has 2 unspecified atom stereocenters. The number of nitrogens with zero attached hydrogens (tertiary/aromatic N) is 2. The van der Waals surface area contributed by atoms with Gasteiger partial charge >= 0.3 is 0 Å². The summed E-state index contributed by atoms with van der Waals surface area (Å²) in [6, 6.07) is -0.280. The van der Waals surface area contributed by atoms with Crippen molar-refractivity contribution in [2.45, 2.75) is 45.3 Å². The monoisotopic (exact) mass is 239 g/mol. The van der Waals surface area contributed by atoms with Crippen molar-refractivity contribution >= 4 is 0 Å². The van der Waals surface area contributed by atoms with Crippen LogP contribution in [0, 0.1) is 0 Å². The Kier molecular flexibility index (Phi) is 5.86. The first-order valence-corrected chi connectivity index (χ1v) is 6.04. The number of nitrogens with two attached hydrogens (primary N) is 1. The van der Waals surface area contributed by atoms with Gasteiger partial charge in [0.25, 0.3) is 0 Å². The number of hydrogen-bond acceptors (Lipinski definition) is 5. The fourth-order valence-corrected chi connectivity index (χ4v) is 1.56. The lowest BCUT2D eigenvalue weighted by molar-refractivity contribution is 0.0477. The van der Waals surface area contributed by atoms with Crippen LogP contribution in [0.2, 0.25) is 0 Å². The zero-order valence-electron chi connectivity index (χ0n) is 10.6. The van der Waals surface area contributed by atoms with Crippen molar-refractivity contribution < 1.29 is 9.26 Å². The average Bonchev–Trinajstić information content (AvgIpc) is 2.78. The average molecular weight is 239 g/mol. The lowest BCUT2D eigenvalue weighted by Gasteiger charge is -2.11. The molecule has 0 saturated carbocycles. The van der Waals surface area contributed by atoms with E-state index in [1.807, 2.05) is 6.92 Å². The number of aromatic nitrogens is 2. The molecule has 0 aliphatic carbocycles. The third-order valence-corrected chi connectivity index (χ3v) is 2.40. The Morgan fingerprint density at radius 2 is 2.29 bits per heavy atom. The molecule has 1 heterocycles. The van der Waals surface area contributed by atoms with E-state index in [0.29, 0.717) is 24.7 Å². The van der Waals surface area contributed by atoms with Gasteiger partial charge in [-0.1, -0.05) is 24.6 Å². The molecular formula is C12H21N3O2. The van der Waals surface area contributed by atoms with E-state index in [2.05, 4.69) is 23.6 Å². The molecule has 1 rings (SSSR count). The van der Waals surface area contributed by atoms with Crippen LogP contribution in [-0.4, -0.2) is 16.7 Å². The maximum atomic E-state index is 5.86. The highest BCUT2D eigenvalue weighted by atomic mass is 16.5. The molecule has 0 aliphatic heterocycles. The van der Waals surface area contributed by atoms with Crippen molar-refractivity contribution in [1.29, 1.82) is 0 Å². The number of rotatable bonds is 8. The zero-order valence-corrected chi connectivity index (χ0v) is 10.6. The molecule has 1 aromatic heterocycles. The van der Waals surface area contributed by atoms with Gasteiger partial charge < -0.3 is 15.0 Å². The smallest absolute Gasteiger partial charge is 0.243 e. The van der Waals surface area contributed by atoms with Gasteiger partial charge in [0.1, 0.15) is 6.10 Å². The van der Waals surface area contributed by atoms with Gasteiger partial charge in [0.2, 0.25) is 11.7 Å². The minimum absolute atomic E-state index is 0.0987. The summed E-state index contributed by atoms with van der Waals surface area (Å²) in [5.41, 5.74) is 5.86. The third-order valence-electron chi connectivity index (χ3n) is 2.40. The molecule has 1 aromatic rings. The Morgan fingerprint density at radius 1 is 1.53 bits per heavy atom. The van der Waals surface area contributed by atoms with Crippen molar-refractivity contribution in [1.82, 2.24) is 10.1 Å². The summed E-state index contributed by atoms with van der Waals surface area (Å²) in [5.74, 6) is 1.03. The largest absolute Gasteiger partial charge is 0.370 e. The highest BCUT2D eigenvalue weighted by Crippen LogP contribution is 2.21. The van der Waals surface area contributed by atoms with E-state index in [0.717, 1.165) is 12.8 Å². The van der Waals surface area contributed by atoms with Gasteiger partial charge in [-0.2, -0.15) is 4.98 Å². The van der Waals surface area contributed by atoms with Crippen molar-refractivity contribution in [3.8, 4) is 0 Å². The lowest BCUT2D eigenvalue weighted by Crippen LogP contribution is -2.10. The van der Waals surface area contributed by atoms with Crippen LogP contribution in [0.3, 0.4) is 0 Å². The van der Waals surface area contributed by atoms with Crippen molar-refractivity contribution in [2.75, 3.05) is 6.61 Å². The van der Waals surface area contributed by atoms with Crippen LogP contribution in [0.5, 0.6) is 0 Å². The Hall–Kier alpha value is -1.20. The van der Waals surface area contributed by atoms with Crippen LogP contribution in [0.4, 0.5) is 0 Å². The molecule has 0 radical (unpaired) electrons. The van der Waals surface area contributed by atoms with Crippen LogP contribution < -0.4 is 5.73 Å². The van der Waals surface area contributed by atoms with Crippen LogP contribution in [0.1, 0.15) is 57.0 Å². The standard InChI is InChI=1S/C12H21N3O2/c1-4-7-9(13)12-14-11(15-17-12)10(8-5-2)16-6-3/h4,9-10H,1,5-8,13H2,2-3H3. The Balaban J connectivity index is 2.72. The van der Waals surface area contributed by atoms with E-state index >= 15 is 0 Å². The first kappa shape index (κ1) is 13.9. The number of ether oxygens (including phenoxy) is 1. The van der Waals surface area contributed by atoms with E-state index in [1.54, 1.807) is 6.08 Å². The van der Waals surface area contributed by atoms with Gasteiger partial charge in [0.05, 0.1) is 6.04 Å². The summed E-state index contributed by atoms with van der Waals surface area (Å²) in [4.78, 5) is 4.29. The van der Waals surface area contributed by atoms with Crippen molar-refractivity contribution in [3.63, 3.8) is 0 Å². The van der Waals surface area contributed by atoms with Gasteiger partial charge in [-0.3, -0.25) is 0 Å². The maximum Gasteiger partial charge on any atom is 0.243 e. The summed E-state index contributed by atoms with van der Waals surface area (Å²) in [7, 11) is 0. The molecular weight excluding hydrogens is 218 g/mol. The maximum absolute atomic E-state index is 5.86. The van der Waals surface area contributed by atoms with Gasteiger partial charge in [-0.15, -0.1) is 6.58 Å². The predicted octanol–water partition coefficient (Wildman–Crippen LogP) is 2.52. The topological polar surface area (TPSA) is 74.2 Å². The molecule has 0 bridgehead atoms. The van der Waals surface area contributed by atoms with Crippen LogP contribution >= 0.6 is 0 Å². The Labute approximate surface area is 102 Å². The Morgan fingerprint density at radius 3 is 2.88 bits per heavy atom. The summed E-state index contributed by atoms with van der Waals surface area (Å²) >= 11 is 0. The van der Waals surface area contributed by atoms with E-state index in [9.17, 15) is 0 Å². The molecule has 2 N–H and O–H groups in total. The summed E-state index contributed by atoms with van der Waals surface area (Å²) in [6.45, 7) is 8.31. The molecule has 0 amide bonds. The lowest BCUT2D eigenvalue weighted by atomic mass is 10.2. The summed E-state index contributed by atoms with van der Waals surface area (Å²) in [5, 5.41) is 3.93. The molecule has 17 heavy (non-hydrogen) atoms. The van der Waals surface area contributed by atoms with Gasteiger partial charge in [0, 0.05) is 6.61 Å². The van der Waals surface area contributed by atoms with Gasteiger partial charge in [0.15, 0.2) is 0 Å². The molecule has 5 heteroatoms. The minimum atomic E-state index is -0.280. The first-order chi connectivity index (χ1) is 8.22. The van der Waals surface area contributed by atoms with Crippen molar-refractivity contribution in [2.24, 2.45) is 5.73 Å². The highest BCUT2D eigenvalue weighted by molar-refractivity contribution is 4.97. The van der Waals surface area contributed by atoms with E-state index in [1.165, 1.54) is 0 Å². The fourth-order valence-electron chi connectivity index (χ4n) is 1.56. The third kappa shape index (κ3) is 3.94. The van der Waals surface area contributed by atoms with Gasteiger partial charge in [-0.05, 0) is 19.8 Å². The Bertz CT molecular complexity index is 332. The van der Waals surface area contributed by atoms with Crippen molar-refractivity contribution in [3.05, 3.63) is 24.4 Å². The van der Waals surface area contributed by atoms with Crippen LogP contribution in [-0.2, 0) is 4.74 Å². The summed E-state index contributed by atoms with van der Waals surface area (Å²) < 4.78 is 10.7. The molecule has 0 aromatic carbocycles. The van der Waals surface area contributed by atoms with E-state index in [-0.39, 0.29) is 12.1 Å². The molecule has 0 spiro atoms. The molecule has 2 atom stereocenters. The summed E-state index contributed by atoms with van der Waals surface area (Å²) in [6.07, 6.45) is 4.14. The van der Waals surface area contributed by atoms with E-state index in [4.69, 9.17) is 15.0 Å². The minimum Gasteiger partial charge on any atom is -0.370 e. The second-order valence-electron chi connectivity index (χ2n) is 3.85. The quantitative estimate of drug-likeness (QED) is 0.705. The second kappa shape index (κ2) is 7.19. The number of hydrogen-bond donors (Lipinski definition) is 1. The predicted molar refractivity (Wildman–Crippen MR) is 65.3 cm³/mol. The van der Waals surface area contributed by atoms with E-state index < -0.39 is 0 Å². The zero-order chi connectivity index (χ0) is 12.7. The molecule has 0 fully saturated rings. The second-order valence-corrected chi connectivity index (χ2v) is 3.85. The molecule has 96 valence electrons. The first-order valence-electron chi connectivity index (χ1n) is 6.04. The molecule has 0 aliphatic rings. The molecule has 0 saturated heterocycles. The fraction of sp³-hybridized carbons (Fsp3) is 0.667.